The Kier molecular flexibility index (Phi) is 8.61. The van der Waals surface area contributed by atoms with Crippen molar-refractivity contribution >= 4 is 17.3 Å². The fourth-order valence-corrected chi connectivity index (χ4v) is 3.88. The van der Waals surface area contributed by atoms with Crippen LogP contribution in [-0.4, -0.2) is 25.7 Å². The number of rotatable bonds is 4. The lowest BCUT2D eigenvalue weighted by Gasteiger charge is -2.17. The van der Waals surface area contributed by atoms with Crippen LogP contribution >= 0.6 is 11.3 Å². The van der Waals surface area contributed by atoms with Gasteiger partial charge in [-0.25, -0.2) is 18.6 Å². The van der Waals surface area contributed by atoms with E-state index in [0.29, 0.717) is 6.61 Å². The summed E-state index contributed by atoms with van der Waals surface area (Å²) in [5, 5.41) is 0. The minimum Gasteiger partial charge on any atom is -0.466 e. The summed E-state index contributed by atoms with van der Waals surface area (Å²) >= 11 is 1.57. The van der Waals surface area contributed by atoms with Crippen LogP contribution in [0.25, 0.3) is 11.3 Å². The Hall–Kier alpha value is -1.75. The van der Waals surface area contributed by atoms with Gasteiger partial charge >= 0.3 is 10.8 Å². The second kappa shape index (κ2) is 10.7. The molecule has 1 saturated heterocycles. The number of benzene rings is 1. The van der Waals surface area contributed by atoms with E-state index in [-0.39, 0.29) is 12.4 Å². The van der Waals surface area contributed by atoms with Gasteiger partial charge in [-0.2, -0.15) is 4.58 Å². The number of hydrogen-bond donors (Lipinski definition) is 0. The molecule has 0 saturated carbocycles. The number of nitrogens with zero attached hydrogens (tertiary/aromatic N) is 1. The summed E-state index contributed by atoms with van der Waals surface area (Å²) in [6.45, 7) is 4.28. The van der Waals surface area contributed by atoms with E-state index in [0.717, 1.165) is 34.2 Å². The molecule has 1 aliphatic rings. The summed E-state index contributed by atoms with van der Waals surface area (Å²) < 4.78 is 47.5. The first-order chi connectivity index (χ1) is 13.3. The lowest BCUT2D eigenvalue weighted by molar-refractivity contribution is -2.00. The van der Waals surface area contributed by atoms with Crippen LogP contribution in [0.5, 0.6) is 0 Å². The molecule has 1 aliphatic heterocycles. The zero-order valence-electron chi connectivity index (χ0n) is 15.4. The van der Waals surface area contributed by atoms with E-state index in [1.54, 1.807) is 11.3 Å². The Morgan fingerprint density at radius 2 is 1.75 bits per heavy atom. The van der Waals surface area contributed by atoms with Crippen molar-refractivity contribution in [3.8, 4) is 11.3 Å². The van der Waals surface area contributed by atoms with Crippen molar-refractivity contribution in [2.45, 2.75) is 32.6 Å². The normalized spacial score (nSPS) is 14.2. The van der Waals surface area contributed by atoms with Gasteiger partial charge in [-0.05, 0) is 24.7 Å². The average Bonchev–Trinajstić information content (AvgIpc) is 3.06. The Balaban J connectivity index is 0.000000500. The number of halogens is 1. The van der Waals surface area contributed by atoms with E-state index in [2.05, 4.69) is 4.58 Å². The zero-order chi connectivity index (χ0) is 20.6. The van der Waals surface area contributed by atoms with E-state index < -0.39 is 10.2 Å². The third kappa shape index (κ3) is 7.70. The zero-order valence-corrected chi connectivity index (χ0v) is 17.0. The summed E-state index contributed by atoms with van der Waals surface area (Å²) in [5.41, 5.74) is 1.01. The quantitative estimate of drug-likeness (QED) is 0.416. The van der Waals surface area contributed by atoms with Gasteiger partial charge in [0.15, 0.2) is 5.76 Å². The third-order valence-corrected chi connectivity index (χ3v) is 5.01. The molecule has 3 rings (SSSR count). The molecule has 1 aromatic heterocycles. The summed E-state index contributed by atoms with van der Waals surface area (Å²) in [6, 6.07) is 9.97. The standard InChI is InChI=1S/C18H22NO3S.ClHO4/c1-2-21-16(20)13-15-17(14-9-5-3-6-10-14)22-18(23-15)19-11-7-4-8-12-19;2-1(3,4)5/h3,5-6,9-10H,2,4,7-8,11-13H2,1H3;(H,2,3,4,5)/q+1;/p-1. The Morgan fingerprint density at radius 1 is 1.14 bits per heavy atom. The maximum absolute atomic E-state index is 11.9. The van der Waals surface area contributed by atoms with Crippen LogP contribution in [0.1, 0.15) is 31.1 Å². The van der Waals surface area contributed by atoms with Gasteiger partial charge in [0.1, 0.15) is 13.1 Å². The molecule has 0 unspecified atom stereocenters. The molecule has 154 valence electrons. The molecular weight excluding hydrogens is 410 g/mol. The van der Waals surface area contributed by atoms with Gasteiger partial charge in [0, 0.05) is 18.4 Å². The molecule has 2 aromatic rings. The van der Waals surface area contributed by atoms with Crippen molar-refractivity contribution in [1.82, 2.24) is 4.58 Å². The largest absolute Gasteiger partial charge is 0.466 e. The molecule has 0 radical (unpaired) electrons. The van der Waals surface area contributed by atoms with Crippen molar-refractivity contribution in [2.24, 2.45) is 0 Å². The molecule has 0 spiro atoms. The van der Waals surface area contributed by atoms with E-state index in [1.165, 1.54) is 19.3 Å². The van der Waals surface area contributed by atoms with Crippen molar-refractivity contribution in [3.05, 3.63) is 40.1 Å². The minimum absolute atomic E-state index is 0.202. The molecule has 0 amide bonds. The SMILES string of the molecule is CCOC(=O)Cc1sc(=[N+]2CCCCC2)oc1-c1ccccc1.[O-][Cl+3]([O-])([O-])[O-]. The first-order valence-electron chi connectivity index (χ1n) is 8.81. The van der Waals surface area contributed by atoms with E-state index in [1.807, 2.05) is 37.3 Å². The molecular formula is C18H22ClNO7S. The van der Waals surface area contributed by atoms with Gasteiger partial charge in [-0.3, -0.25) is 4.79 Å². The minimum atomic E-state index is -4.94. The molecule has 0 aliphatic carbocycles. The molecule has 0 bridgehead atoms. The summed E-state index contributed by atoms with van der Waals surface area (Å²) in [5.74, 6) is 0.594. The van der Waals surface area contributed by atoms with Gasteiger partial charge in [0.05, 0.1) is 17.9 Å². The summed E-state index contributed by atoms with van der Waals surface area (Å²) in [7, 11) is -4.94. The number of piperidine rings is 1. The van der Waals surface area contributed by atoms with E-state index >= 15 is 0 Å². The van der Waals surface area contributed by atoms with E-state index in [4.69, 9.17) is 27.8 Å². The highest BCUT2D eigenvalue weighted by molar-refractivity contribution is 7.09. The second-order valence-electron chi connectivity index (χ2n) is 6.00. The van der Waals surface area contributed by atoms with Crippen LogP contribution in [0.15, 0.2) is 34.7 Å². The molecule has 10 heteroatoms. The first-order valence-corrected chi connectivity index (χ1v) is 10.9. The number of hydrogen-bond acceptors (Lipinski definition) is 8. The van der Waals surface area contributed by atoms with Crippen LogP contribution in [0.2, 0.25) is 0 Å². The number of esters is 1. The number of carbonyl (C=O) groups is 1. The maximum Gasteiger partial charge on any atom is 0.430 e. The average molecular weight is 432 g/mol. The molecule has 2 heterocycles. The predicted molar refractivity (Wildman–Crippen MR) is 91.2 cm³/mol. The number of carbonyl (C=O) groups excluding carboxylic acids is 1. The molecule has 8 nitrogen and oxygen atoms in total. The topological polar surface area (TPSA) is 135 Å². The van der Waals surface area contributed by atoms with Crippen molar-refractivity contribution in [3.63, 3.8) is 0 Å². The predicted octanol–water partition coefficient (Wildman–Crippen LogP) is -1.69. The van der Waals surface area contributed by atoms with Crippen LogP contribution in [0.3, 0.4) is 0 Å². The van der Waals surface area contributed by atoms with Gasteiger partial charge in [0.25, 0.3) is 0 Å². The third-order valence-electron chi connectivity index (χ3n) is 3.91. The number of ether oxygens (including phenoxy) is 1. The van der Waals surface area contributed by atoms with Gasteiger partial charge in [-0.1, -0.05) is 30.3 Å². The van der Waals surface area contributed by atoms with Crippen LogP contribution in [-0.2, 0) is 16.0 Å². The molecule has 0 atom stereocenters. The maximum atomic E-state index is 11.9. The Labute approximate surface area is 168 Å². The highest BCUT2D eigenvalue weighted by atomic mass is 35.7. The highest BCUT2D eigenvalue weighted by Crippen LogP contribution is 2.26. The molecule has 28 heavy (non-hydrogen) atoms. The van der Waals surface area contributed by atoms with Gasteiger partial charge in [0.2, 0.25) is 0 Å². The first kappa shape index (κ1) is 22.5. The smallest absolute Gasteiger partial charge is 0.430 e. The fourth-order valence-electron chi connectivity index (χ4n) is 2.79. The summed E-state index contributed by atoms with van der Waals surface area (Å²) in [6.07, 6.45) is 3.94. The summed E-state index contributed by atoms with van der Waals surface area (Å²) in [4.78, 5) is 13.8. The van der Waals surface area contributed by atoms with Gasteiger partial charge in [-0.15, -0.1) is 10.2 Å². The Bertz CT molecular complexity index is 812. The fraction of sp³-hybridized carbons (Fsp3) is 0.444. The van der Waals surface area contributed by atoms with Crippen molar-refractivity contribution in [1.29, 1.82) is 0 Å². The van der Waals surface area contributed by atoms with Crippen molar-refractivity contribution < 1.29 is 42.8 Å². The van der Waals surface area contributed by atoms with Crippen LogP contribution in [0, 0.1) is 10.2 Å². The Morgan fingerprint density at radius 3 is 2.32 bits per heavy atom. The molecule has 1 aromatic carbocycles. The lowest BCUT2D eigenvalue weighted by Crippen LogP contribution is -2.68. The molecule has 1 fully saturated rings. The lowest BCUT2D eigenvalue weighted by atomic mass is 10.1. The van der Waals surface area contributed by atoms with Crippen molar-refractivity contribution in [2.75, 3.05) is 19.7 Å². The van der Waals surface area contributed by atoms with E-state index in [9.17, 15) is 4.79 Å². The molecule has 0 N–H and O–H groups in total. The van der Waals surface area contributed by atoms with Crippen LogP contribution < -0.4 is 28.1 Å². The monoisotopic (exact) mass is 431 g/mol. The highest BCUT2D eigenvalue weighted by Gasteiger charge is 2.21. The second-order valence-corrected chi connectivity index (χ2v) is 7.80. The van der Waals surface area contributed by atoms with Crippen LogP contribution in [0.4, 0.5) is 0 Å². The van der Waals surface area contributed by atoms with Gasteiger partial charge < -0.3 is 9.15 Å².